The number of carbonyl (C=O) groups is 1. The monoisotopic (exact) mass is 357 g/mol. The van der Waals surface area contributed by atoms with E-state index in [2.05, 4.69) is 21.2 Å². The van der Waals surface area contributed by atoms with Crippen LogP contribution in [-0.4, -0.2) is 12.5 Å². The SMILES string of the molecule is CCOc1cc(F)ccc1NC(=O)c1cc(C)c(Br)s1. The van der Waals surface area contributed by atoms with Crippen molar-refractivity contribution in [3.63, 3.8) is 0 Å². The van der Waals surface area contributed by atoms with Crippen LogP contribution < -0.4 is 10.1 Å². The molecule has 0 radical (unpaired) electrons. The molecule has 1 amide bonds. The summed E-state index contributed by atoms with van der Waals surface area (Å²) in [6.07, 6.45) is 0. The molecule has 0 saturated heterocycles. The largest absolute Gasteiger partial charge is 0.492 e. The molecule has 0 unspecified atom stereocenters. The molecule has 1 aromatic heterocycles. The molecular formula is C14H13BrFNO2S. The summed E-state index contributed by atoms with van der Waals surface area (Å²) in [5, 5.41) is 2.74. The number of carbonyl (C=O) groups excluding carboxylic acids is 1. The van der Waals surface area contributed by atoms with Gasteiger partial charge >= 0.3 is 0 Å². The number of thiophene rings is 1. The minimum absolute atomic E-state index is 0.239. The van der Waals surface area contributed by atoms with E-state index in [1.54, 1.807) is 13.0 Å². The predicted octanol–water partition coefficient (Wildman–Crippen LogP) is 4.61. The van der Waals surface area contributed by atoms with Crippen LogP contribution in [0.3, 0.4) is 0 Å². The number of rotatable bonds is 4. The van der Waals surface area contributed by atoms with Gasteiger partial charge in [-0.25, -0.2) is 4.39 Å². The van der Waals surface area contributed by atoms with Gasteiger partial charge in [0.1, 0.15) is 11.6 Å². The van der Waals surface area contributed by atoms with Gasteiger partial charge in [0.05, 0.1) is 21.0 Å². The normalized spacial score (nSPS) is 10.4. The van der Waals surface area contributed by atoms with Crippen LogP contribution in [0.15, 0.2) is 28.1 Å². The lowest BCUT2D eigenvalue weighted by Gasteiger charge is -2.10. The Hall–Kier alpha value is -1.40. The van der Waals surface area contributed by atoms with E-state index in [1.165, 1.54) is 29.5 Å². The van der Waals surface area contributed by atoms with E-state index in [9.17, 15) is 9.18 Å². The first-order chi connectivity index (χ1) is 9.51. The van der Waals surface area contributed by atoms with Crippen molar-refractivity contribution in [3.05, 3.63) is 44.3 Å². The Labute approximate surface area is 128 Å². The third-order valence-electron chi connectivity index (χ3n) is 2.57. The Morgan fingerprint density at radius 3 is 2.80 bits per heavy atom. The van der Waals surface area contributed by atoms with Gasteiger partial charge in [-0.05, 0) is 53.5 Å². The van der Waals surface area contributed by atoms with Crippen molar-refractivity contribution in [1.29, 1.82) is 0 Å². The summed E-state index contributed by atoms with van der Waals surface area (Å²) in [6.45, 7) is 4.12. The molecule has 1 N–H and O–H groups in total. The Bertz CT molecular complexity index is 623. The van der Waals surface area contributed by atoms with Gasteiger partial charge in [0.15, 0.2) is 0 Å². The minimum Gasteiger partial charge on any atom is -0.492 e. The predicted molar refractivity (Wildman–Crippen MR) is 82.3 cm³/mol. The number of hydrogen-bond donors (Lipinski definition) is 1. The second-order valence-electron chi connectivity index (χ2n) is 4.09. The molecule has 0 fully saturated rings. The standard InChI is InChI=1S/C14H13BrFNO2S/c1-3-19-11-7-9(16)4-5-10(11)17-14(18)12-6-8(2)13(15)20-12/h4-7H,3H2,1-2H3,(H,17,18). The van der Waals surface area contributed by atoms with Crippen molar-refractivity contribution < 1.29 is 13.9 Å². The van der Waals surface area contributed by atoms with Crippen LogP contribution in [0.25, 0.3) is 0 Å². The fourth-order valence-electron chi connectivity index (χ4n) is 1.63. The van der Waals surface area contributed by atoms with Crippen molar-refractivity contribution in [2.75, 3.05) is 11.9 Å². The highest BCUT2D eigenvalue weighted by Gasteiger charge is 2.14. The lowest BCUT2D eigenvalue weighted by molar-refractivity contribution is 0.103. The highest BCUT2D eigenvalue weighted by molar-refractivity contribution is 9.11. The Morgan fingerprint density at radius 1 is 1.45 bits per heavy atom. The van der Waals surface area contributed by atoms with Crippen molar-refractivity contribution in [3.8, 4) is 5.75 Å². The molecule has 0 saturated carbocycles. The van der Waals surface area contributed by atoms with Gasteiger partial charge in [0.2, 0.25) is 0 Å². The highest BCUT2D eigenvalue weighted by Crippen LogP contribution is 2.30. The number of amides is 1. The smallest absolute Gasteiger partial charge is 0.265 e. The van der Waals surface area contributed by atoms with Gasteiger partial charge in [0.25, 0.3) is 5.91 Å². The van der Waals surface area contributed by atoms with E-state index < -0.39 is 5.82 Å². The summed E-state index contributed by atoms with van der Waals surface area (Å²) in [5.74, 6) is -0.314. The minimum atomic E-state index is -0.402. The van der Waals surface area contributed by atoms with E-state index in [0.717, 1.165) is 9.35 Å². The molecule has 0 bridgehead atoms. The molecule has 6 heteroatoms. The molecular weight excluding hydrogens is 345 g/mol. The summed E-state index contributed by atoms with van der Waals surface area (Å²) in [7, 11) is 0. The summed E-state index contributed by atoms with van der Waals surface area (Å²) >= 11 is 4.74. The molecule has 0 aliphatic carbocycles. The van der Waals surface area contributed by atoms with Gasteiger partial charge < -0.3 is 10.1 Å². The van der Waals surface area contributed by atoms with E-state index in [-0.39, 0.29) is 5.91 Å². The number of nitrogens with one attached hydrogen (secondary N) is 1. The first-order valence-electron chi connectivity index (χ1n) is 6.01. The van der Waals surface area contributed by atoms with Crippen LogP contribution in [0.5, 0.6) is 5.75 Å². The van der Waals surface area contributed by atoms with Crippen molar-refractivity contribution in [1.82, 2.24) is 0 Å². The lowest BCUT2D eigenvalue weighted by Crippen LogP contribution is -2.11. The molecule has 1 aromatic carbocycles. The maximum Gasteiger partial charge on any atom is 0.265 e. The maximum absolute atomic E-state index is 13.2. The average molecular weight is 358 g/mol. The Kier molecular flexibility index (Phi) is 4.77. The van der Waals surface area contributed by atoms with Crippen LogP contribution in [0.4, 0.5) is 10.1 Å². The molecule has 0 aliphatic rings. The second-order valence-corrected chi connectivity index (χ2v) is 6.47. The number of aryl methyl sites for hydroxylation is 1. The number of benzene rings is 1. The number of hydrogen-bond acceptors (Lipinski definition) is 3. The first kappa shape index (κ1) is 15.0. The molecule has 0 atom stereocenters. The number of halogens is 2. The van der Waals surface area contributed by atoms with Crippen LogP contribution in [0.1, 0.15) is 22.2 Å². The summed E-state index contributed by atoms with van der Waals surface area (Å²) in [4.78, 5) is 12.7. The maximum atomic E-state index is 13.2. The van der Waals surface area contributed by atoms with E-state index in [1.807, 2.05) is 6.92 Å². The van der Waals surface area contributed by atoms with Gasteiger partial charge in [-0.3, -0.25) is 4.79 Å². The van der Waals surface area contributed by atoms with Gasteiger partial charge in [-0.1, -0.05) is 0 Å². The lowest BCUT2D eigenvalue weighted by atomic mass is 10.2. The quantitative estimate of drug-likeness (QED) is 0.867. The summed E-state index contributed by atoms with van der Waals surface area (Å²) in [6, 6.07) is 5.84. The molecule has 0 spiro atoms. The second kappa shape index (κ2) is 6.37. The van der Waals surface area contributed by atoms with Gasteiger partial charge in [-0.2, -0.15) is 0 Å². The summed E-state index contributed by atoms with van der Waals surface area (Å²) in [5.41, 5.74) is 1.46. The number of anilines is 1. The van der Waals surface area contributed by atoms with Crippen LogP contribution in [-0.2, 0) is 0 Å². The first-order valence-corrected chi connectivity index (χ1v) is 7.62. The summed E-state index contributed by atoms with van der Waals surface area (Å²) < 4.78 is 19.4. The van der Waals surface area contributed by atoms with Crippen molar-refractivity contribution >= 4 is 38.9 Å². The molecule has 106 valence electrons. The van der Waals surface area contributed by atoms with Crippen LogP contribution >= 0.6 is 27.3 Å². The molecule has 2 aromatic rings. The third-order valence-corrected chi connectivity index (χ3v) is 4.71. The van der Waals surface area contributed by atoms with Crippen molar-refractivity contribution in [2.24, 2.45) is 0 Å². The van der Waals surface area contributed by atoms with E-state index >= 15 is 0 Å². The van der Waals surface area contributed by atoms with Crippen LogP contribution in [0, 0.1) is 12.7 Å². The van der Waals surface area contributed by atoms with Gasteiger partial charge in [-0.15, -0.1) is 11.3 Å². The molecule has 1 heterocycles. The fourth-order valence-corrected chi connectivity index (χ4v) is 3.06. The Balaban J connectivity index is 2.23. The highest BCUT2D eigenvalue weighted by atomic mass is 79.9. The Morgan fingerprint density at radius 2 is 2.20 bits per heavy atom. The van der Waals surface area contributed by atoms with Crippen LogP contribution in [0.2, 0.25) is 0 Å². The third kappa shape index (κ3) is 3.37. The number of ether oxygens (including phenoxy) is 1. The van der Waals surface area contributed by atoms with Crippen molar-refractivity contribution in [2.45, 2.75) is 13.8 Å². The zero-order valence-corrected chi connectivity index (χ0v) is 13.4. The molecule has 2 rings (SSSR count). The zero-order valence-electron chi connectivity index (χ0n) is 11.0. The zero-order chi connectivity index (χ0) is 14.7. The topological polar surface area (TPSA) is 38.3 Å². The fraction of sp³-hybridized carbons (Fsp3) is 0.214. The van der Waals surface area contributed by atoms with Gasteiger partial charge in [0, 0.05) is 6.07 Å². The molecule has 0 aliphatic heterocycles. The average Bonchev–Trinajstić information content (AvgIpc) is 2.73. The van der Waals surface area contributed by atoms with E-state index in [0.29, 0.717) is 22.9 Å². The molecule has 3 nitrogen and oxygen atoms in total. The van der Waals surface area contributed by atoms with E-state index in [4.69, 9.17) is 4.74 Å². The molecule has 20 heavy (non-hydrogen) atoms.